The maximum Gasteiger partial charge on any atom is 0.334 e. The predicted octanol–water partition coefficient (Wildman–Crippen LogP) is 3.00. The molecule has 0 N–H and O–H groups in total. The fraction of sp³-hybridized carbons (Fsp3) is 0.714. The third-order valence-electron chi connectivity index (χ3n) is 6.69. The van der Waals surface area contributed by atoms with E-state index in [0.29, 0.717) is 24.3 Å². The van der Waals surface area contributed by atoms with Gasteiger partial charge in [0.05, 0.1) is 5.60 Å². The van der Waals surface area contributed by atoms with E-state index in [2.05, 4.69) is 26.5 Å². The smallest absolute Gasteiger partial charge is 0.334 e. The van der Waals surface area contributed by atoms with Crippen molar-refractivity contribution in [3.8, 4) is 0 Å². The van der Waals surface area contributed by atoms with E-state index < -0.39 is 0 Å². The fourth-order valence-electron chi connectivity index (χ4n) is 4.67. The van der Waals surface area contributed by atoms with Crippen molar-refractivity contribution in [2.75, 3.05) is 13.1 Å². The van der Waals surface area contributed by atoms with Gasteiger partial charge in [0.25, 0.3) is 0 Å². The molecule has 0 saturated carbocycles. The summed E-state index contributed by atoms with van der Waals surface area (Å²) in [6.45, 7) is 9.97. The summed E-state index contributed by atoms with van der Waals surface area (Å²) in [7, 11) is 0. The molecule has 0 aromatic rings. The molecule has 0 aromatic carbocycles. The molecule has 0 spiro atoms. The molecule has 3 saturated heterocycles. The van der Waals surface area contributed by atoms with E-state index in [1.54, 1.807) is 0 Å². The van der Waals surface area contributed by atoms with Crippen molar-refractivity contribution in [3.05, 3.63) is 23.8 Å². The van der Waals surface area contributed by atoms with Gasteiger partial charge in [0, 0.05) is 30.2 Å². The normalized spacial score (nSPS) is 38.2. The molecule has 1 aliphatic carbocycles. The summed E-state index contributed by atoms with van der Waals surface area (Å²) in [4.78, 5) is 27.1. The molecule has 0 aromatic heterocycles. The number of nitrogens with zero attached hydrogens (tertiary/aromatic N) is 1. The summed E-state index contributed by atoms with van der Waals surface area (Å²) in [5.41, 5.74) is 1.16. The maximum absolute atomic E-state index is 13.0. The van der Waals surface area contributed by atoms with Crippen molar-refractivity contribution in [1.82, 2.24) is 4.90 Å². The van der Waals surface area contributed by atoms with Crippen LogP contribution in [0.15, 0.2) is 23.8 Å². The Labute approximate surface area is 155 Å². The van der Waals surface area contributed by atoms with Crippen LogP contribution in [0.5, 0.6) is 0 Å². The van der Waals surface area contributed by atoms with Crippen LogP contribution in [-0.2, 0) is 19.1 Å². The first kappa shape index (κ1) is 17.8. The molecule has 3 aliphatic heterocycles. The van der Waals surface area contributed by atoms with E-state index in [4.69, 9.17) is 9.47 Å². The molecule has 4 aliphatic rings. The molecule has 4 rings (SSSR count). The molecule has 0 radical (unpaired) electrons. The SMILES string of the molecule is C=C1C(=O)O[C@H]2[C@H]1CCC(C(=O)N1CCC(C)CC1)=CCC[C@@]1(C)O[C@@H]21. The van der Waals surface area contributed by atoms with Crippen molar-refractivity contribution in [2.45, 2.75) is 70.2 Å². The summed E-state index contributed by atoms with van der Waals surface area (Å²) in [6.07, 6.45) is 7.04. The van der Waals surface area contributed by atoms with Crippen molar-refractivity contribution in [2.24, 2.45) is 11.8 Å². The number of likely N-dealkylation sites (tertiary alicyclic amines) is 1. The van der Waals surface area contributed by atoms with E-state index in [-0.39, 0.29) is 35.6 Å². The Kier molecular flexibility index (Phi) is 4.46. The summed E-state index contributed by atoms with van der Waals surface area (Å²) >= 11 is 0. The average Bonchev–Trinajstić information content (AvgIpc) is 3.21. The first-order valence-corrected chi connectivity index (χ1v) is 9.95. The average molecular weight is 359 g/mol. The number of hydrogen-bond acceptors (Lipinski definition) is 4. The van der Waals surface area contributed by atoms with Crippen LogP contribution in [0, 0.1) is 11.8 Å². The lowest BCUT2D eigenvalue weighted by Crippen LogP contribution is -2.39. The highest BCUT2D eigenvalue weighted by molar-refractivity contribution is 5.94. The van der Waals surface area contributed by atoms with Crippen LogP contribution < -0.4 is 0 Å². The highest BCUT2D eigenvalue weighted by Crippen LogP contribution is 2.49. The number of fused-ring (bicyclic) bond motifs is 3. The Balaban J connectivity index is 1.52. The third kappa shape index (κ3) is 3.11. The largest absolute Gasteiger partial charge is 0.455 e. The highest BCUT2D eigenvalue weighted by atomic mass is 16.6. The number of piperidine rings is 1. The van der Waals surface area contributed by atoms with Crippen molar-refractivity contribution < 1.29 is 19.1 Å². The van der Waals surface area contributed by atoms with Crippen molar-refractivity contribution >= 4 is 11.9 Å². The van der Waals surface area contributed by atoms with Crippen molar-refractivity contribution in [3.63, 3.8) is 0 Å². The number of carbonyl (C=O) groups excluding carboxylic acids is 2. The van der Waals surface area contributed by atoms with Gasteiger partial charge in [-0.05, 0) is 51.4 Å². The minimum Gasteiger partial charge on any atom is -0.455 e. The quantitative estimate of drug-likeness (QED) is 0.410. The molecule has 26 heavy (non-hydrogen) atoms. The topological polar surface area (TPSA) is 59.1 Å². The van der Waals surface area contributed by atoms with Gasteiger partial charge in [-0.3, -0.25) is 4.79 Å². The van der Waals surface area contributed by atoms with Crippen LogP contribution in [0.2, 0.25) is 0 Å². The Bertz CT molecular complexity index is 661. The Morgan fingerprint density at radius 2 is 2.04 bits per heavy atom. The first-order chi connectivity index (χ1) is 12.4. The van der Waals surface area contributed by atoms with E-state index in [1.807, 2.05) is 4.90 Å². The second-order valence-electron chi connectivity index (χ2n) is 8.63. The number of amides is 1. The van der Waals surface area contributed by atoms with Crippen LogP contribution in [-0.4, -0.2) is 47.7 Å². The molecule has 0 unspecified atom stereocenters. The Morgan fingerprint density at radius 1 is 1.31 bits per heavy atom. The first-order valence-electron chi connectivity index (χ1n) is 9.95. The number of rotatable bonds is 1. The second kappa shape index (κ2) is 6.52. The minimum atomic E-state index is -0.307. The molecule has 3 fully saturated rings. The summed E-state index contributed by atoms with van der Waals surface area (Å²) in [5.74, 6) is 0.513. The molecule has 5 heteroatoms. The minimum absolute atomic E-state index is 0.0371. The van der Waals surface area contributed by atoms with E-state index >= 15 is 0 Å². The summed E-state index contributed by atoms with van der Waals surface area (Å²) in [5, 5.41) is 0. The van der Waals surface area contributed by atoms with Crippen LogP contribution in [0.25, 0.3) is 0 Å². The van der Waals surface area contributed by atoms with Gasteiger partial charge >= 0.3 is 5.97 Å². The Morgan fingerprint density at radius 3 is 2.77 bits per heavy atom. The van der Waals surface area contributed by atoms with Gasteiger partial charge in [-0.25, -0.2) is 4.79 Å². The van der Waals surface area contributed by atoms with Crippen LogP contribution in [0.4, 0.5) is 0 Å². The van der Waals surface area contributed by atoms with E-state index in [1.165, 1.54) is 0 Å². The van der Waals surface area contributed by atoms with Gasteiger partial charge in [0.2, 0.25) is 5.91 Å². The second-order valence-corrected chi connectivity index (χ2v) is 8.63. The number of allylic oxidation sites excluding steroid dienone is 1. The molecule has 4 atom stereocenters. The zero-order valence-electron chi connectivity index (χ0n) is 15.8. The third-order valence-corrected chi connectivity index (χ3v) is 6.69. The predicted molar refractivity (Wildman–Crippen MR) is 97.3 cm³/mol. The standard InChI is InChI=1S/C21H29NO4/c1-13-8-11-22(12-9-13)19(23)15-5-4-10-21(3)18(26-21)17-16(7-6-15)14(2)20(24)25-17/h5,13,16-18H,2,4,6-12H2,1,3H3/t16-,17-,18-,21+/m0/s1. The maximum atomic E-state index is 13.0. The number of esters is 1. The monoisotopic (exact) mass is 359 g/mol. The number of epoxide rings is 1. The molecule has 5 nitrogen and oxygen atoms in total. The lowest BCUT2D eigenvalue weighted by molar-refractivity contribution is -0.140. The molecular formula is C21H29NO4. The summed E-state index contributed by atoms with van der Waals surface area (Å²) < 4.78 is 11.5. The van der Waals surface area contributed by atoms with Gasteiger partial charge in [0.15, 0.2) is 0 Å². The van der Waals surface area contributed by atoms with Gasteiger partial charge in [-0.1, -0.05) is 19.6 Å². The number of carbonyl (C=O) groups is 2. The molecular weight excluding hydrogens is 330 g/mol. The van der Waals surface area contributed by atoms with Gasteiger partial charge < -0.3 is 14.4 Å². The van der Waals surface area contributed by atoms with Gasteiger partial charge in [-0.2, -0.15) is 0 Å². The number of ether oxygens (including phenoxy) is 2. The highest BCUT2D eigenvalue weighted by Gasteiger charge is 2.61. The molecule has 142 valence electrons. The molecule has 0 bridgehead atoms. The molecule has 1 amide bonds. The van der Waals surface area contributed by atoms with Gasteiger partial charge in [0.1, 0.15) is 12.2 Å². The van der Waals surface area contributed by atoms with Crippen LogP contribution >= 0.6 is 0 Å². The van der Waals surface area contributed by atoms with E-state index in [9.17, 15) is 9.59 Å². The Hall–Kier alpha value is -1.62. The van der Waals surface area contributed by atoms with Crippen LogP contribution in [0.3, 0.4) is 0 Å². The lowest BCUT2D eigenvalue weighted by Gasteiger charge is -2.31. The molecule has 3 heterocycles. The van der Waals surface area contributed by atoms with E-state index in [0.717, 1.165) is 44.3 Å². The fourth-order valence-corrected chi connectivity index (χ4v) is 4.67. The lowest BCUT2D eigenvalue weighted by atomic mass is 9.83. The zero-order chi connectivity index (χ0) is 18.5. The summed E-state index contributed by atoms with van der Waals surface area (Å²) in [6, 6.07) is 0. The van der Waals surface area contributed by atoms with Gasteiger partial charge in [-0.15, -0.1) is 0 Å². The number of hydrogen-bond donors (Lipinski definition) is 0. The van der Waals surface area contributed by atoms with Crippen molar-refractivity contribution in [1.29, 1.82) is 0 Å². The zero-order valence-corrected chi connectivity index (χ0v) is 15.8. The van der Waals surface area contributed by atoms with Crippen LogP contribution in [0.1, 0.15) is 52.4 Å².